The van der Waals surface area contributed by atoms with Crippen molar-refractivity contribution in [2.75, 3.05) is 33.7 Å². The minimum absolute atomic E-state index is 0.0245. The van der Waals surface area contributed by atoms with Crippen molar-refractivity contribution in [3.05, 3.63) is 65.4 Å². The van der Waals surface area contributed by atoms with Crippen LogP contribution in [0.1, 0.15) is 27.5 Å². The summed E-state index contributed by atoms with van der Waals surface area (Å²) < 4.78 is 22.2. The van der Waals surface area contributed by atoms with Crippen LogP contribution in [0.15, 0.2) is 48.5 Å². The molecule has 1 unspecified atom stereocenters. The first-order valence-electron chi connectivity index (χ1n) is 9.54. The predicted octanol–water partition coefficient (Wildman–Crippen LogP) is 3.90. The molecule has 3 aromatic rings. The molecule has 0 amide bonds. The van der Waals surface area contributed by atoms with E-state index in [4.69, 9.17) is 18.9 Å². The number of carbonyl (C=O) groups excluding carboxylic acids is 1. The van der Waals surface area contributed by atoms with E-state index in [1.54, 1.807) is 13.2 Å². The molecule has 2 aromatic carbocycles. The summed E-state index contributed by atoms with van der Waals surface area (Å²) in [7, 11) is 1.62. The van der Waals surface area contributed by atoms with Gasteiger partial charge in [-0.2, -0.15) is 0 Å². The van der Waals surface area contributed by atoms with Gasteiger partial charge in [0, 0.05) is 29.8 Å². The second-order valence-electron chi connectivity index (χ2n) is 6.92. The van der Waals surface area contributed by atoms with Crippen molar-refractivity contribution in [3.8, 4) is 11.5 Å². The number of rotatable bonds is 7. The molecule has 1 aromatic heterocycles. The summed E-state index contributed by atoms with van der Waals surface area (Å²) in [5.41, 5.74) is 3.09. The Morgan fingerprint density at radius 2 is 2.00 bits per heavy atom. The third-order valence-corrected chi connectivity index (χ3v) is 4.94. The third-order valence-electron chi connectivity index (χ3n) is 4.94. The van der Waals surface area contributed by atoms with Crippen LogP contribution in [0, 0.1) is 6.92 Å². The standard InChI is InChI=1S/C23H23NO5/c1-15-7-8-16-11-18(19-13-28-21-6-4-3-5-17(21)23(19)25)22(12-20(16)24-15)29-14-27-10-9-26-2/h3-8,11-12,19H,9-10,13-14H2,1-2H3. The maximum absolute atomic E-state index is 13.2. The largest absolute Gasteiger partial charge is 0.492 e. The molecule has 1 aliphatic rings. The van der Waals surface area contributed by atoms with Crippen LogP contribution in [0.5, 0.6) is 11.5 Å². The van der Waals surface area contributed by atoms with Crippen LogP contribution in [0.3, 0.4) is 0 Å². The molecule has 0 radical (unpaired) electrons. The fourth-order valence-electron chi connectivity index (χ4n) is 3.44. The van der Waals surface area contributed by atoms with Crippen molar-refractivity contribution in [3.63, 3.8) is 0 Å². The minimum Gasteiger partial charge on any atom is -0.492 e. The minimum atomic E-state index is -0.454. The number of aromatic nitrogens is 1. The maximum Gasteiger partial charge on any atom is 0.189 e. The van der Waals surface area contributed by atoms with Crippen molar-refractivity contribution in [2.24, 2.45) is 0 Å². The lowest BCUT2D eigenvalue weighted by atomic mass is 9.87. The van der Waals surface area contributed by atoms with Gasteiger partial charge in [-0.25, -0.2) is 0 Å². The second-order valence-corrected chi connectivity index (χ2v) is 6.92. The van der Waals surface area contributed by atoms with Crippen molar-refractivity contribution >= 4 is 16.7 Å². The Balaban J connectivity index is 1.69. The number of hydrogen-bond donors (Lipinski definition) is 0. The zero-order chi connectivity index (χ0) is 20.2. The molecule has 150 valence electrons. The number of ketones is 1. The van der Waals surface area contributed by atoms with E-state index in [9.17, 15) is 4.79 Å². The van der Waals surface area contributed by atoms with Gasteiger partial charge < -0.3 is 18.9 Å². The van der Waals surface area contributed by atoms with E-state index < -0.39 is 5.92 Å². The molecule has 6 nitrogen and oxygen atoms in total. The Hall–Kier alpha value is -2.96. The van der Waals surface area contributed by atoms with Gasteiger partial charge in [0.2, 0.25) is 0 Å². The molecule has 4 rings (SSSR count). The average Bonchev–Trinajstić information content (AvgIpc) is 2.74. The van der Waals surface area contributed by atoms with E-state index in [0.717, 1.165) is 22.2 Å². The van der Waals surface area contributed by atoms with Gasteiger partial charge in [-0.15, -0.1) is 0 Å². The third kappa shape index (κ3) is 4.09. The van der Waals surface area contributed by atoms with Crippen LogP contribution in [0.2, 0.25) is 0 Å². The van der Waals surface area contributed by atoms with E-state index >= 15 is 0 Å². The molecule has 0 saturated carbocycles. The number of benzene rings is 2. The lowest BCUT2D eigenvalue weighted by molar-refractivity contribution is -0.00904. The number of hydrogen-bond acceptors (Lipinski definition) is 6. The van der Waals surface area contributed by atoms with E-state index in [0.29, 0.717) is 30.3 Å². The smallest absolute Gasteiger partial charge is 0.189 e. The van der Waals surface area contributed by atoms with Crippen LogP contribution in [0.4, 0.5) is 0 Å². The highest BCUT2D eigenvalue weighted by Crippen LogP contribution is 2.38. The summed E-state index contributed by atoms with van der Waals surface area (Å²) in [5.74, 6) is 0.771. The highest BCUT2D eigenvalue weighted by molar-refractivity contribution is 6.05. The van der Waals surface area contributed by atoms with E-state index in [-0.39, 0.29) is 19.2 Å². The SMILES string of the molecule is COCCOCOc1cc2nc(C)ccc2cc1C1COc2ccccc2C1=O. The van der Waals surface area contributed by atoms with Crippen LogP contribution < -0.4 is 9.47 Å². The molecular weight excluding hydrogens is 370 g/mol. The van der Waals surface area contributed by atoms with Crippen LogP contribution in [-0.2, 0) is 9.47 Å². The summed E-state index contributed by atoms with van der Waals surface area (Å²) in [4.78, 5) is 17.8. The first kappa shape index (κ1) is 19.4. The average molecular weight is 393 g/mol. The van der Waals surface area contributed by atoms with Crippen LogP contribution >= 0.6 is 0 Å². The van der Waals surface area contributed by atoms with Gasteiger partial charge in [0.15, 0.2) is 12.6 Å². The number of fused-ring (bicyclic) bond motifs is 2. The second kappa shape index (κ2) is 8.59. The Labute approximate surface area is 169 Å². The molecule has 1 atom stereocenters. The van der Waals surface area contributed by atoms with Gasteiger partial charge >= 0.3 is 0 Å². The Morgan fingerprint density at radius 3 is 2.86 bits per heavy atom. The van der Waals surface area contributed by atoms with Gasteiger partial charge in [-0.3, -0.25) is 9.78 Å². The van der Waals surface area contributed by atoms with Crippen molar-refractivity contribution in [1.82, 2.24) is 4.98 Å². The summed E-state index contributed by atoms with van der Waals surface area (Å²) >= 11 is 0. The molecule has 0 saturated heterocycles. The zero-order valence-corrected chi connectivity index (χ0v) is 16.5. The Morgan fingerprint density at radius 1 is 1.14 bits per heavy atom. The van der Waals surface area contributed by atoms with Crippen LogP contribution in [0.25, 0.3) is 10.9 Å². The lowest BCUT2D eigenvalue weighted by Gasteiger charge is -2.26. The molecule has 0 fully saturated rings. The van der Waals surface area contributed by atoms with Crippen molar-refractivity contribution in [2.45, 2.75) is 12.8 Å². The molecule has 0 N–H and O–H groups in total. The number of pyridine rings is 1. The summed E-state index contributed by atoms with van der Waals surface area (Å²) in [6.45, 7) is 3.18. The van der Waals surface area contributed by atoms with E-state index in [2.05, 4.69) is 4.98 Å². The Kier molecular flexibility index (Phi) is 5.74. The first-order valence-corrected chi connectivity index (χ1v) is 9.54. The fourth-order valence-corrected chi connectivity index (χ4v) is 3.44. The molecule has 29 heavy (non-hydrogen) atoms. The number of aryl methyl sites for hydroxylation is 1. The molecule has 6 heteroatoms. The van der Waals surface area contributed by atoms with Gasteiger partial charge in [-0.1, -0.05) is 18.2 Å². The highest BCUT2D eigenvalue weighted by Gasteiger charge is 2.32. The van der Waals surface area contributed by atoms with Crippen LogP contribution in [-0.4, -0.2) is 44.5 Å². The summed E-state index contributed by atoms with van der Waals surface area (Å²) in [5, 5.41) is 0.949. The number of Topliss-reactive ketones (excluding diaryl/α,β-unsaturated/α-hetero) is 1. The van der Waals surface area contributed by atoms with Crippen molar-refractivity contribution in [1.29, 1.82) is 0 Å². The molecular formula is C23H23NO5. The Bertz CT molecular complexity index is 1030. The molecule has 1 aliphatic heterocycles. The highest BCUT2D eigenvalue weighted by atomic mass is 16.7. The van der Waals surface area contributed by atoms with Gasteiger partial charge in [0.25, 0.3) is 0 Å². The van der Waals surface area contributed by atoms with Crippen molar-refractivity contribution < 1.29 is 23.7 Å². The number of nitrogens with zero attached hydrogens (tertiary/aromatic N) is 1. The number of methoxy groups -OCH3 is 1. The van der Waals surface area contributed by atoms with E-state index in [1.165, 1.54) is 0 Å². The zero-order valence-electron chi connectivity index (χ0n) is 16.5. The molecule has 0 aliphatic carbocycles. The molecule has 0 spiro atoms. The van der Waals surface area contributed by atoms with Gasteiger partial charge in [0.05, 0.1) is 30.2 Å². The normalized spacial score (nSPS) is 15.8. The topological polar surface area (TPSA) is 66.9 Å². The quantitative estimate of drug-likeness (QED) is 0.448. The maximum atomic E-state index is 13.2. The molecule has 2 heterocycles. The molecule has 0 bridgehead atoms. The number of ether oxygens (including phenoxy) is 4. The summed E-state index contributed by atoms with van der Waals surface area (Å²) in [6, 6.07) is 15.1. The monoisotopic (exact) mass is 393 g/mol. The number of carbonyl (C=O) groups is 1. The van der Waals surface area contributed by atoms with Gasteiger partial charge in [-0.05, 0) is 31.2 Å². The first-order chi connectivity index (χ1) is 14.2. The lowest BCUT2D eigenvalue weighted by Crippen LogP contribution is -2.26. The number of para-hydroxylation sites is 1. The summed E-state index contributed by atoms with van der Waals surface area (Å²) in [6.07, 6.45) is 0. The predicted molar refractivity (Wildman–Crippen MR) is 109 cm³/mol. The van der Waals surface area contributed by atoms with Gasteiger partial charge in [0.1, 0.15) is 18.1 Å². The van der Waals surface area contributed by atoms with E-state index in [1.807, 2.05) is 49.4 Å². The fraction of sp³-hybridized carbons (Fsp3) is 0.304.